The van der Waals surface area contributed by atoms with E-state index in [2.05, 4.69) is 20.6 Å². The Morgan fingerprint density at radius 2 is 1.95 bits per heavy atom. The first-order valence-corrected chi connectivity index (χ1v) is 12.2. The molecule has 12 heteroatoms. The Kier molecular flexibility index (Phi) is 7.03. The van der Waals surface area contributed by atoms with Crippen LogP contribution < -0.4 is 10.6 Å². The van der Waals surface area contributed by atoms with Crippen LogP contribution in [0.2, 0.25) is 5.02 Å². The Labute approximate surface area is 216 Å². The molecule has 37 heavy (non-hydrogen) atoms. The van der Waals surface area contributed by atoms with Gasteiger partial charge in [-0.1, -0.05) is 11.6 Å². The number of furan rings is 1. The van der Waals surface area contributed by atoms with Gasteiger partial charge in [0.2, 0.25) is 17.6 Å². The molecule has 2 N–H and O–H groups in total. The van der Waals surface area contributed by atoms with Crippen LogP contribution in [-0.4, -0.2) is 58.4 Å². The molecule has 3 amide bonds. The molecule has 3 aromatic heterocycles. The van der Waals surface area contributed by atoms with Gasteiger partial charge in [0, 0.05) is 30.9 Å². The zero-order valence-corrected chi connectivity index (χ0v) is 20.5. The molecule has 5 rings (SSSR count). The summed E-state index contributed by atoms with van der Waals surface area (Å²) in [6.45, 7) is 1.18. The minimum atomic E-state index is -0.653. The highest BCUT2D eigenvalue weighted by molar-refractivity contribution is 6.30. The largest absolute Gasteiger partial charge is 0.448 e. The van der Waals surface area contributed by atoms with Gasteiger partial charge in [0.1, 0.15) is 29.8 Å². The fraction of sp³-hybridized carbons (Fsp3) is 0.360. The van der Waals surface area contributed by atoms with E-state index in [-0.39, 0.29) is 64.3 Å². The summed E-state index contributed by atoms with van der Waals surface area (Å²) in [4.78, 5) is 48.6. The first kappa shape index (κ1) is 24.7. The minimum Gasteiger partial charge on any atom is -0.448 e. The van der Waals surface area contributed by atoms with Crippen molar-refractivity contribution in [3.05, 3.63) is 47.1 Å². The van der Waals surface area contributed by atoms with Gasteiger partial charge >= 0.3 is 0 Å². The fourth-order valence-electron chi connectivity index (χ4n) is 4.82. The van der Waals surface area contributed by atoms with E-state index in [1.807, 2.05) is 11.0 Å². The molecule has 0 radical (unpaired) electrons. The molecule has 1 saturated carbocycles. The van der Waals surface area contributed by atoms with Gasteiger partial charge in [-0.25, -0.2) is 9.97 Å². The third kappa shape index (κ3) is 5.12. The Bertz CT molecular complexity index is 1390. The SMILES string of the molecule is N#Cc1nccc2oc(C(=O)Nc3ccc(Cl)cn3)c(NC(=O)C3CCC(N4CCOCC4=O)CC3)c12. The number of morpholine rings is 1. The van der Waals surface area contributed by atoms with Crippen LogP contribution in [0.15, 0.2) is 35.0 Å². The maximum Gasteiger partial charge on any atom is 0.294 e. The number of hydrogen-bond donors (Lipinski definition) is 2. The molecule has 0 bridgehead atoms. The second kappa shape index (κ2) is 10.5. The molecular weight excluding hydrogens is 500 g/mol. The summed E-state index contributed by atoms with van der Waals surface area (Å²) < 4.78 is 11.0. The van der Waals surface area contributed by atoms with Crippen LogP contribution in [0, 0.1) is 17.2 Å². The monoisotopic (exact) mass is 522 g/mol. The molecule has 0 aromatic carbocycles. The third-order valence-corrected chi connectivity index (χ3v) is 6.89. The van der Waals surface area contributed by atoms with Crippen LogP contribution in [-0.2, 0) is 14.3 Å². The molecule has 190 valence electrons. The third-order valence-electron chi connectivity index (χ3n) is 6.66. The summed E-state index contributed by atoms with van der Waals surface area (Å²) in [6, 6.07) is 6.69. The lowest BCUT2D eigenvalue weighted by atomic mass is 9.84. The number of aromatic nitrogens is 2. The fourth-order valence-corrected chi connectivity index (χ4v) is 4.93. The number of anilines is 2. The number of rotatable bonds is 5. The standard InChI is InChI=1S/C25H23ClN6O5/c26-15-3-6-19(29-12-15)30-25(35)23-22(21-17(11-27)28-8-7-18(21)37-23)31-24(34)14-1-4-16(5-2-14)32-9-10-36-13-20(32)33/h3,6-8,12,14,16H,1-2,4-5,9-10,13H2,(H,31,34)(H,29,30,35). The molecule has 4 heterocycles. The number of nitriles is 1. The molecule has 3 aromatic rings. The maximum atomic E-state index is 13.3. The number of nitrogens with zero attached hydrogens (tertiary/aromatic N) is 4. The second-order valence-corrected chi connectivity index (χ2v) is 9.34. The van der Waals surface area contributed by atoms with E-state index >= 15 is 0 Å². The molecule has 1 aliphatic heterocycles. The zero-order chi connectivity index (χ0) is 25.9. The van der Waals surface area contributed by atoms with Crippen molar-refractivity contribution in [1.29, 1.82) is 5.26 Å². The second-order valence-electron chi connectivity index (χ2n) is 8.90. The number of amides is 3. The van der Waals surface area contributed by atoms with Gasteiger partial charge in [0.15, 0.2) is 5.69 Å². The van der Waals surface area contributed by atoms with Crippen molar-refractivity contribution in [2.24, 2.45) is 5.92 Å². The van der Waals surface area contributed by atoms with Crippen LogP contribution in [0.1, 0.15) is 41.9 Å². The predicted molar refractivity (Wildman–Crippen MR) is 133 cm³/mol. The summed E-state index contributed by atoms with van der Waals surface area (Å²) in [5.74, 6) is -1.22. The normalized spacial score (nSPS) is 19.9. The smallest absolute Gasteiger partial charge is 0.294 e. The first-order chi connectivity index (χ1) is 17.9. The van der Waals surface area contributed by atoms with Crippen molar-refractivity contribution < 1.29 is 23.5 Å². The van der Waals surface area contributed by atoms with E-state index in [0.717, 1.165) is 0 Å². The summed E-state index contributed by atoms with van der Waals surface area (Å²) in [6.07, 6.45) is 5.32. The van der Waals surface area contributed by atoms with Crippen molar-refractivity contribution >= 4 is 51.8 Å². The molecule has 1 saturated heterocycles. The highest BCUT2D eigenvalue weighted by atomic mass is 35.5. The minimum absolute atomic E-state index is 0.0219. The molecule has 0 spiro atoms. The Morgan fingerprint density at radius 3 is 2.65 bits per heavy atom. The lowest BCUT2D eigenvalue weighted by molar-refractivity contribution is -0.146. The Balaban J connectivity index is 1.36. The van der Waals surface area contributed by atoms with E-state index in [4.69, 9.17) is 20.8 Å². The van der Waals surface area contributed by atoms with Crippen LogP contribution in [0.25, 0.3) is 11.0 Å². The lowest BCUT2D eigenvalue weighted by Crippen LogP contribution is -2.49. The van der Waals surface area contributed by atoms with E-state index < -0.39 is 5.91 Å². The number of ether oxygens (including phenoxy) is 1. The van der Waals surface area contributed by atoms with Gasteiger partial charge in [-0.3, -0.25) is 14.4 Å². The van der Waals surface area contributed by atoms with Crippen molar-refractivity contribution in [2.75, 3.05) is 30.4 Å². The average Bonchev–Trinajstić information content (AvgIpc) is 3.29. The molecule has 2 aliphatic rings. The molecule has 11 nitrogen and oxygen atoms in total. The number of pyridine rings is 2. The Hall–Kier alpha value is -4.01. The van der Waals surface area contributed by atoms with Gasteiger partial charge in [0.05, 0.1) is 17.0 Å². The summed E-state index contributed by atoms with van der Waals surface area (Å²) in [5, 5.41) is 15.7. The average molecular weight is 523 g/mol. The van der Waals surface area contributed by atoms with E-state index in [0.29, 0.717) is 43.9 Å². The van der Waals surface area contributed by atoms with E-state index in [1.165, 1.54) is 24.5 Å². The first-order valence-electron chi connectivity index (χ1n) is 11.9. The number of nitrogens with one attached hydrogen (secondary N) is 2. The molecule has 0 unspecified atom stereocenters. The Morgan fingerprint density at radius 1 is 1.14 bits per heavy atom. The summed E-state index contributed by atoms with van der Waals surface area (Å²) in [5.41, 5.74) is 0.349. The highest BCUT2D eigenvalue weighted by Crippen LogP contribution is 2.35. The number of fused-ring (bicyclic) bond motifs is 1. The highest BCUT2D eigenvalue weighted by Gasteiger charge is 2.34. The zero-order valence-electron chi connectivity index (χ0n) is 19.7. The van der Waals surface area contributed by atoms with Gasteiger partial charge in [-0.2, -0.15) is 5.26 Å². The van der Waals surface area contributed by atoms with Crippen LogP contribution >= 0.6 is 11.6 Å². The molecular formula is C25H23ClN6O5. The van der Waals surface area contributed by atoms with E-state index in [9.17, 15) is 19.6 Å². The number of halogens is 1. The summed E-state index contributed by atoms with van der Waals surface area (Å²) in [7, 11) is 0. The predicted octanol–water partition coefficient (Wildman–Crippen LogP) is 3.36. The quantitative estimate of drug-likeness (QED) is 0.517. The molecule has 0 atom stereocenters. The van der Waals surface area contributed by atoms with Crippen molar-refractivity contribution in [3.63, 3.8) is 0 Å². The van der Waals surface area contributed by atoms with Crippen LogP contribution in [0.3, 0.4) is 0 Å². The number of carbonyl (C=O) groups excluding carboxylic acids is 3. The van der Waals surface area contributed by atoms with Gasteiger partial charge in [-0.05, 0) is 43.9 Å². The number of hydrogen-bond acceptors (Lipinski definition) is 8. The van der Waals surface area contributed by atoms with Crippen molar-refractivity contribution in [3.8, 4) is 6.07 Å². The van der Waals surface area contributed by atoms with Crippen molar-refractivity contribution in [2.45, 2.75) is 31.7 Å². The van der Waals surface area contributed by atoms with Crippen LogP contribution in [0.5, 0.6) is 0 Å². The van der Waals surface area contributed by atoms with Crippen LogP contribution in [0.4, 0.5) is 11.5 Å². The van der Waals surface area contributed by atoms with Gasteiger partial charge in [0.25, 0.3) is 5.91 Å². The van der Waals surface area contributed by atoms with Gasteiger partial charge in [-0.15, -0.1) is 0 Å². The van der Waals surface area contributed by atoms with E-state index in [1.54, 1.807) is 6.07 Å². The van der Waals surface area contributed by atoms with Crippen molar-refractivity contribution in [1.82, 2.24) is 14.9 Å². The lowest BCUT2D eigenvalue weighted by Gasteiger charge is -2.38. The van der Waals surface area contributed by atoms with Gasteiger partial charge < -0.3 is 24.7 Å². The molecule has 1 aliphatic carbocycles. The topological polar surface area (TPSA) is 150 Å². The number of carbonyl (C=O) groups is 3. The molecule has 2 fully saturated rings. The maximum absolute atomic E-state index is 13.3. The summed E-state index contributed by atoms with van der Waals surface area (Å²) >= 11 is 5.86.